The molecule has 0 aliphatic carbocycles. The quantitative estimate of drug-likeness (QED) is 0.0195. The minimum atomic E-state index is -1.62. The van der Waals surface area contributed by atoms with Crippen LogP contribution in [0.2, 0.25) is 0 Å². The molecular weight excluding hydrogens is 1040 g/mol. The van der Waals surface area contributed by atoms with Gasteiger partial charge < -0.3 is 45.1 Å². The number of unbranched alkanes of at least 4 members (excludes halogenated alkanes) is 35. The van der Waals surface area contributed by atoms with Crippen LogP contribution in [0.5, 0.6) is 0 Å². The Morgan fingerprint density at radius 3 is 1.28 bits per heavy atom. The second-order valence-corrected chi connectivity index (χ2v) is 23.9. The summed E-state index contributed by atoms with van der Waals surface area (Å²) in [6.45, 7) is 5.77. The van der Waals surface area contributed by atoms with E-state index in [0.717, 1.165) is 77.0 Å². The molecule has 6 N–H and O–H groups in total. The van der Waals surface area contributed by atoms with Gasteiger partial charge in [-0.05, 0) is 96.3 Å². The van der Waals surface area contributed by atoms with Gasteiger partial charge in [-0.3, -0.25) is 9.59 Å². The molecule has 0 spiro atoms. The predicted molar refractivity (Wildman–Crippen MR) is 347 cm³/mol. The van der Waals surface area contributed by atoms with E-state index in [4.69, 9.17) is 14.2 Å². The van der Waals surface area contributed by atoms with E-state index in [1.165, 1.54) is 186 Å². The van der Waals surface area contributed by atoms with Crippen LogP contribution >= 0.6 is 0 Å². The van der Waals surface area contributed by atoms with Gasteiger partial charge in [0, 0.05) is 6.42 Å². The number of aliphatic hydroxyl groups is 5. The number of allylic oxidation sites excluding steroid dienone is 11. The van der Waals surface area contributed by atoms with Gasteiger partial charge >= 0.3 is 5.97 Å². The molecule has 1 saturated heterocycles. The van der Waals surface area contributed by atoms with Crippen molar-refractivity contribution in [2.75, 3.05) is 13.2 Å². The SMILES string of the molecule is CCCCC/C=C\C/C=C\C/C=C\C/C=C\CCCCC(O)C(=O)NC(COC1OC(CO)C(O)C(O)C1OC(=O)CCCCCCCCCCCCCCC/C=C/CCCCCCCC)C(O)/C=C/CCCCCCCCCCCCC. The Bertz CT molecular complexity index is 1630. The molecule has 11 heteroatoms. The molecule has 1 rings (SSSR count). The summed E-state index contributed by atoms with van der Waals surface area (Å²) in [5.74, 6) is -1.22. The van der Waals surface area contributed by atoms with Crippen molar-refractivity contribution in [3.8, 4) is 0 Å². The van der Waals surface area contributed by atoms with Crippen molar-refractivity contribution >= 4 is 11.9 Å². The van der Waals surface area contributed by atoms with E-state index < -0.39 is 67.4 Å². The van der Waals surface area contributed by atoms with Crippen molar-refractivity contribution in [3.05, 3.63) is 72.9 Å². The van der Waals surface area contributed by atoms with Crippen molar-refractivity contribution in [1.29, 1.82) is 0 Å². The topological polar surface area (TPSA) is 175 Å². The molecule has 8 unspecified atom stereocenters. The molecule has 11 nitrogen and oxygen atoms in total. The van der Waals surface area contributed by atoms with E-state index in [9.17, 15) is 35.1 Å². The number of carbonyl (C=O) groups excluding carboxylic acids is 2. The maximum atomic E-state index is 13.5. The van der Waals surface area contributed by atoms with Gasteiger partial charge in [-0.25, -0.2) is 0 Å². The van der Waals surface area contributed by atoms with Gasteiger partial charge in [0.15, 0.2) is 12.4 Å². The molecule has 1 aliphatic heterocycles. The smallest absolute Gasteiger partial charge is 0.306 e. The fraction of sp³-hybridized carbons (Fsp3) is 0.806. The zero-order valence-electron chi connectivity index (χ0n) is 53.6. The van der Waals surface area contributed by atoms with Gasteiger partial charge in [0.1, 0.15) is 24.4 Å². The van der Waals surface area contributed by atoms with E-state index in [2.05, 4.69) is 86.8 Å². The Hall–Kier alpha value is -2.90. The minimum absolute atomic E-state index is 0.119. The fourth-order valence-corrected chi connectivity index (χ4v) is 10.6. The number of nitrogens with one attached hydrogen (secondary N) is 1. The number of esters is 1. The fourth-order valence-electron chi connectivity index (χ4n) is 10.6. The van der Waals surface area contributed by atoms with Crippen LogP contribution < -0.4 is 5.32 Å². The largest absolute Gasteiger partial charge is 0.454 e. The normalized spacial score (nSPS) is 19.0. The summed E-state index contributed by atoms with van der Waals surface area (Å²) in [5.41, 5.74) is 0. The van der Waals surface area contributed by atoms with Crippen molar-refractivity contribution in [2.45, 2.75) is 359 Å². The van der Waals surface area contributed by atoms with Crippen LogP contribution in [-0.2, 0) is 23.8 Å². The van der Waals surface area contributed by atoms with Gasteiger partial charge in [-0.2, -0.15) is 0 Å². The second-order valence-electron chi connectivity index (χ2n) is 23.9. The Morgan fingerprint density at radius 2 is 0.831 bits per heavy atom. The average Bonchev–Trinajstić information content (AvgIpc) is 3.54. The molecular formula is C72H129NO10. The van der Waals surface area contributed by atoms with Crippen LogP contribution in [0.15, 0.2) is 72.9 Å². The summed E-state index contributed by atoms with van der Waals surface area (Å²) in [6, 6.07) is -1.04. The highest BCUT2D eigenvalue weighted by molar-refractivity contribution is 5.80. The molecule has 482 valence electrons. The standard InChI is InChI=1S/C72H129NO10/c1-4-7-10-13-16-19-22-25-27-29-31-32-33-34-35-37-39-42-45-48-51-54-57-60-67(77)83-70-69(79)68(78)66(61-74)82-72(70)81-62-63(64(75)58-55-52-49-46-43-40-24-21-18-15-12-9-6-3)73-71(80)65(76)59-56-53-50-47-44-41-38-36-30-28-26-23-20-17-14-11-8-5-2/h17,20,25-28,36,38,44,47,55,58,63-66,68-70,72,74-76,78-79H,4-16,18-19,21-24,29-35,37,39-43,45-46,48-54,56-57,59-62H2,1-3H3,(H,73,80)/b20-17-,27-25+,28-26-,38-36-,47-44-,58-55+. The van der Waals surface area contributed by atoms with Gasteiger partial charge in [0.25, 0.3) is 0 Å². The van der Waals surface area contributed by atoms with E-state index >= 15 is 0 Å². The van der Waals surface area contributed by atoms with Gasteiger partial charge in [-0.1, -0.05) is 280 Å². The summed E-state index contributed by atoms with van der Waals surface area (Å²) in [4.78, 5) is 26.6. The molecule has 1 aliphatic rings. The molecule has 1 heterocycles. The molecule has 0 saturated carbocycles. The lowest BCUT2D eigenvalue weighted by Gasteiger charge is -2.41. The number of aliphatic hydroxyl groups excluding tert-OH is 5. The first-order valence-corrected chi connectivity index (χ1v) is 34.7. The van der Waals surface area contributed by atoms with Crippen LogP contribution in [0, 0.1) is 0 Å². The van der Waals surface area contributed by atoms with Crippen molar-refractivity contribution < 1.29 is 49.3 Å². The van der Waals surface area contributed by atoms with Crippen LogP contribution in [0.4, 0.5) is 0 Å². The van der Waals surface area contributed by atoms with Crippen LogP contribution in [0.1, 0.15) is 310 Å². The molecule has 0 aromatic carbocycles. The van der Waals surface area contributed by atoms with Gasteiger partial charge in [0.2, 0.25) is 5.91 Å². The number of amides is 1. The third-order valence-corrected chi connectivity index (χ3v) is 16.1. The van der Waals surface area contributed by atoms with Crippen molar-refractivity contribution in [3.63, 3.8) is 0 Å². The lowest BCUT2D eigenvalue weighted by molar-refractivity contribution is -0.305. The first kappa shape index (κ1) is 78.1. The monoisotopic (exact) mass is 1170 g/mol. The highest BCUT2D eigenvalue weighted by Gasteiger charge is 2.47. The number of rotatable bonds is 59. The molecule has 0 bridgehead atoms. The van der Waals surface area contributed by atoms with Crippen LogP contribution in [-0.4, -0.2) is 99.6 Å². The summed E-state index contributed by atoms with van der Waals surface area (Å²) in [7, 11) is 0. The molecule has 8 atom stereocenters. The Balaban J connectivity index is 2.63. The maximum Gasteiger partial charge on any atom is 0.306 e. The Labute approximate surface area is 509 Å². The first-order chi connectivity index (χ1) is 40.7. The zero-order valence-corrected chi connectivity index (χ0v) is 53.6. The minimum Gasteiger partial charge on any atom is -0.454 e. The molecule has 0 aromatic rings. The maximum absolute atomic E-state index is 13.5. The Morgan fingerprint density at radius 1 is 0.470 bits per heavy atom. The molecule has 83 heavy (non-hydrogen) atoms. The number of hydrogen-bond donors (Lipinski definition) is 6. The number of carbonyl (C=O) groups is 2. The third-order valence-electron chi connectivity index (χ3n) is 16.1. The average molecular weight is 1170 g/mol. The second kappa shape index (κ2) is 59.4. The van der Waals surface area contributed by atoms with Crippen LogP contribution in [0.25, 0.3) is 0 Å². The van der Waals surface area contributed by atoms with Gasteiger partial charge in [-0.15, -0.1) is 0 Å². The van der Waals surface area contributed by atoms with Gasteiger partial charge in [0.05, 0.1) is 25.4 Å². The zero-order chi connectivity index (χ0) is 60.3. The summed E-state index contributed by atoms with van der Waals surface area (Å²) >= 11 is 0. The van der Waals surface area contributed by atoms with E-state index in [1.54, 1.807) is 6.08 Å². The van der Waals surface area contributed by atoms with Crippen LogP contribution in [0.3, 0.4) is 0 Å². The first-order valence-electron chi connectivity index (χ1n) is 34.7. The summed E-state index contributed by atoms with van der Waals surface area (Å²) < 4.78 is 17.7. The van der Waals surface area contributed by atoms with E-state index in [0.29, 0.717) is 12.8 Å². The van der Waals surface area contributed by atoms with Crippen molar-refractivity contribution in [2.24, 2.45) is 0 Å². The molecule has 1 fully saturated rings. The third kappa shape index (κ3) is 46.9. The highest BCUT2D eigenvalue weighted by atomic mass is 16.7. The molecule has 1 amide bonds. The van der Waals surface area contributed by atoms with E-state index in [1.807, 2.05) is 6.08 Å². The van der Waals surface area contributed by atoms with E-state index in [-0.39, 0.29) is 19.4 Å². The number of ether oxygens (including phenoxy) is 3. The number of hydrogen-bond acceptors (Lipinski definition) is 10. The lowest BCUT2D eigenvalue weighted by atomic mass is 9.99. The highest BCUT2D eigenvalue weighted by Crippen LogP contribution is 2.26. The summed E-state index contributed by atoms with van der Waals surface area (Å²) in [5, 5.41) is 57.2. The Kier molecular flexibility index (Phi) is 55.9. The molecule has 0 radical (unpaired) electrons. The predicted octanol–water partition coefficient (Wildman–Crippen LogP) is 17.5. The molecule has 0 aromatic heterocycles. The summed E-state index contributed by atoms with van der Waals surface area (Å²) in [6.07, 6.45) is 66.5. The van der Waals surface area contributed by atoms with Crippen molar-refractivity contribution in [1.82, 2.24) is 5.32 Å². The lowest BCUT2D eigenvalue weighted by Crippen LogP contribution is -2.61.